The highest BCUT2D eigenvalue weighted by atomic mass is 32.2. The highest BCUT2D eigenvalue weighted by Crippen LogP contribution is 2.17. The number of benzene rings is 1. The minimum Gasteiger partial charge on any atom is -0.380 e. The molecule has 0 aliphatic carbocycles. The van der Waals surface area contributed by atoms with E-state index in [0.717, 1.165) is 12.1 Å². The van der Waals surface area contributed by atoms with Gasteiger partial charge in [0.15, 0.2) is 0 Å². The average molecular weight is 314 g/mol. The van der Waals surface area contributed by atoms with Gasteiger partial charge in [-0.05, 0) is 31.2 Å². The van der Waals surface area contributed by atoms with Crippen LogP contribution in [0.4, 0.5) is 0 Å². The van der Waals surface area contributed by atoms with Gasteiger partial charge in [-0.3, -0.25) is 0 Å². The van der Waals surface area contributed by atoms with E-state index in [0.29, 0.717) is 37.7 Å². The van der Waals surface area contributed by atoms with E-state index in [1.54, 1.807) is 18.2 Å². The summed E-state index contributed by atoms with van der Waals surface area (Å²) in [6.45, 7) is 9.11. The molecule has 0 atom stereocenters. The Bertz CT molecular complexity index is 517. The van der Waals surface area contributed by atoms with Crippen molar-refractivity contribution < 1.29 is 13.2 Å². The van der Waals surface area contributed by atoms with Crippen molar-refractivity contribution in [3.8, 4) is 0 Å². The molecule has 1 aromatic carbocycles. The highest BCUT2D eigenvalue weighted by Gasteiger charge is 2.22. The van der Waals surface area contributed by atoms with Crippen LogP contribution < -0.4 is 5.32 Å². The lowest BCUT2D eigenvalue weighted by molar-refractivity contribution is 0.135. The lowest BCUT2D eigenvalue weighted by Crippen LogP contribution is -2.34. The molecule has 120 valence electrons. The minimum atomic E-state index is -3.45. The topological polar surface area (TPSA) is 58.6 Å². The second kappa shape index (κ2) is 9.15. The van der Waals surface area contributed by atoms with Crippen LogP contribution in [0.5, 0.6) is 0 Å². The number of hydrogen-bond acceptors (Lipinski definition) is 4. The van der Waals surface area contributed by atoms with Crippen molar-refractivity contribution in [1.82, 2.24) is 9.62 Å². The van der Waals surface area contributed by atoms with Crippen LogP contribution in [0.25, 0.3) is 0 Å². The van der Waals surface area contributed by atoms with Crippen molar-refractivity contribution >= 4 is 10.0 Å². The Kier molecular flexibility index (Phi) is 7.88. The van der Waals surface area contributed by atoms with Gasteiger partial charge in [-0.15, -0.1) is 0 Å². The second-order valence-electron chi connectivity index (χ2n) is 4.62. The van der Waals surface area contributed by atoms with Crippen molar-refractivity contribution in [2.24, 2.45) is 0 Å². The lowest BCUT2D eigenvalue weighted by atomic mass is 10.2. The Labute approximate surface area is 128 Å². The van der Waals surface area contributed by atoms with E-state index in [1.807, 2.05) is 26.8 Å². The maximum atomic E-state index is 12.6. The quantitative estimate of drug-likeness (QED) is 0.670. The number of sulfonamides is 1. The molecule has 1 N–H and O–H groups in total. The molecule has 0 unspecified atom stereocenters. The largest absolute Gasteiger partial charge is 0.380 e. The van der Waals surface area contributed by atoms with Gasteiger partial charge in [0, 0.05) is 26.2 Å². The molecule has 0 saturated heterocycles. The summed E-state index contributed by atoms with van der Waals surface area (Å²) in [6, 6.07) is 7.10. The average Bonchev–Trinajstić information content (AvgIpc) is 2.49. The van der Waals surface area contributed by atoms with E-state index in [-0.39, 0.29) is 0 Å². The zero-order chi connectivity index (χ0) is 15.7. The Morgan fingerprint density at radius 2 is 2.00 bits per heavy atom. The van der Waals surface area contributed by atoms with E-state index in [9.17, 15) is 8.42 Å². The standard InChI is InChI=1S/C15H26N2O3S/c1-4-16-13-14-8-7-9-15(12-14)21(18,19)17(5-2)10-11-20-6-3/h7-9,12,16H,4-6,10-11,13H2,1-3H3. The van der Waals surface area contributed by atoms with E-state index < -0.39 is 10.0 Å². The highest BCUT2D eigenvalue weighted by molar-refractivity contribution is 7.89. The molecule has 5 nitrogen and oxygen atoms in total. The van der Waals surface area contributed by atoms with E-state index in [1.165, 1.54) is 4.31 Å². The SMILES string of the molecule is CCNCc1cccc(S(=O)(=O)N(CC)CCOCC)c1. The molecule has 0 saturated carbocycles. The molecule has 0 heterocycles. The third-order valence-corrected chi connectivity index (χ3v) is 5.13. The smallest absolute Gasteiger partial charge is 0.243 e. The monoisotopic (exact) mass is 314 g/mol. The van der Waals surface area contributed by atoms with Gasteiger partial charge in [0.2, 0.25) is 10.0 Å². The number of nitrogens with zero attached hydrogens (tertiary/aromatic N) is 1. The van der Waals surface area contributed by atoms with Crippen molar-refractivity contribution in [2.45, 2.75) is 32.2 Å². The summed E-state index contributed by atoms with van der Waals surface area (Å²) >= 11 is 0. The van der Waals surface area contributed by atoms with Gasteiger partial charge in [0.1, 0.15) is 0 Å². The molecule has 0 aliphatic rings. The number of likely N-dealkylation sites (N-methyl/N-ethyl adjacent to an activating group) is 1. The Morgan fingerprint density at radius 3 is 2.62 bits per heavy atom. The van der Waals surface area contributed by atoms with Crippen molar-refractivity contribution in [2.75, 3.05) is 32.8 Å². The van der Waals surface area contributed by atoms with E-state index >= 15 is 0 Å². The zero-order valence-electron chi connectivity index (χ0n) is 13.1. The van der Waals surface area contributed by atoms with Gasteiger partial charge < -0.3 is 10.1 Å². The van der Waals surface area contributed by atoms with Gasteiger partial charge in [0.05, 0.1) is 11.5 Å². The van der Waals surface area contributed by atoms with Gasteiger partial charge in [-0.25, -0.2) is 8.42 Å². The Balaban J connectivity index is 2.88. The molecule has 0 fully saturated rings. The molecule has 0 amide bonds. The van der Waals surface area contributed by atoms with Gasteiger partial charge in [0.25, 0.3) is 0 Å². The molecule has 6 heteroatoms. The first-order valence-electron chi connectivity index (χ1n) is 7.43. The van der Waals surface area contributed by atoms with Crippen LogP contribution in [0.15, 0.2) is 29.2 Å². The number of nitrogens with one attached hydrogen (secondary N) is 1. The predicted molar refractivity (Wildman–Crippen MR) is 84.7 cm³/mol. The molecule has 0 aliphatic heterocycles. The molecule has 0 bridgehead atoms. The normalized spacial score (nSPS) is 12.0. The Hall–Kier alpha value is -0.950. The molecule has 21 heavy (non-hydrogen) atoms. The predicted octanol–water partition coefficient (Wildman–Crippen LogP) is 1.84. The van der Waals surface area contributed by atoms with E-state index in [2.05, 4.69) is 5.32 Å². The first-order chi connectivity index (χ1) is 10.1. The molecule has 1 aromatic rings. The van der Waals surface area contributed by atoms with Crippen LogP contribution in [-0.2, 0) is 21.3 Å². The second-order valence-corrected chi connectivity index (χ2v) is 6.56. The summed E-state index contributed by atoms with van der Waals surface area (Å²) in [4.78, 5) is 0.344. The third-order valence-electron chi connectivity index (χ3n) is 3.16. The molecular formula is C15H26N2O3S. The van der Waals surface area contributed by atoms with Crippen molar-refractivity contribution in [3.63, 3.8) is 0 Å². The summed E-state index contributed by atoms with van der Waals surface area (Å²) in [7, 11) is -3.45. The Morgan fingerprint density at radius 1 is 1.24 bits per heavy atom. The lowest BCUT2D eigenvalue weighted by Gasteiger charge is -2.20. The summed E-state index contributed by atoms with van der Waals surface area (Å²) in [5, 5.41) is 3.20. The van der Waals surface area contributed by atoms with Gasteiger partial charge in [-0.1, -0.05) is 26.0 Å². The summed E-state index contributed by atoms with van der Waals surface area (Å²) < 4.78 is 32.0. The van der Waals surface area contributed by atoms with Gasteiger partial charge >= 0.3 is 0 Å². The molecule has 0 spiro atoms. The zero-order valence-corrected chi connectivity index (χ0v) is 13.9. The van der Waals surface area contributed by atoms with Gasteiger partial charge in [-0.2, -0.15) is 4.31 Å². The molecule has 0 aromatic heterocycles. The molecule has 0 radical (unpaired) electrons. The number of ether oxygens (including phenoxy) is 1. The minimum absolute atomic E-state index is 0.344. The molecular weight excluding hydrogens is 288 g/mol. The summed E-state index contributed by atoms with van der Waals surface area (Å²) in [5.41, 5.74) is 0.971. The van der Waals surface area contributed by atoms with Crippen LogP contribution in [0.1, 0.15) is 26.3 Å². The van der Waals surface area contributed by atoms with Crippen LogP contribution in [0, 0.1) is 0 Å². The number of rotatable bonds is 10. The fraction of sp³-hybridized carbons (Fsp3) is 0.600. The van der Waals surface area contributed by atoms with Crippen molar-refractivity contribution in [1.29, 1.82) is 0 Å². The van der Waals surface area contributed by atoms with Crippen molar-refractivity contribution in [3.05, 3.63) is 29.8 Å². The third kappa shape index (κ3) is 5.39. The maximum Gasteiger partial charge on any atom is 0.243 e. The van der Waals surface area contributed by atoms with Crippen LogP contribution in [-0.4, -0.2) is 45.6 Å². The van der Waals surface area contributed by atoms with E-state index in [4.69, 9.17) is 4.74 Å². The summed E-state index contributed by atoms with van der Waals surface area (Å²) in [6.07, 6.45) is 0. The molecule has 1 rings (SSSR count). The fourth-order valence-corrected chi connectivity index (χ4v) is 3.50. The first kappa shape index (κ1) is 18.1. The number of hydrogen-bond donors (Lipinski definition) is 1. The summed E-state index contributed by atoms with van der Waals surface area (Å²) in [5.74, 6) is 0. The van der Waals surface area contributed by atoms with Crippen LogP contribution in [0.2, 0.25) is 0 Å². The van der Waals surface area contributed by atoms with Crippen LogP contribution >= 0.6 is 0 Å². The van der Waals surface area contributed by atoms with Crippen LogP contribution in [0.3, 0.4) is 0 Å². The maximum absolute atomic E-state index is 12.6. The fourth-order valence-electron chi connectivity index (χ4n) is 1.99. The first-order valence-corrected chi connectivity index (χ1v) is 8.87.